The molecule has 9 heteroatoms. The standard InChI is InChI=1S/C24H26N4O4S/c1-2-27(16-18-4-3-12-26-15-18)22-8-5-20(6-9-22)24(29)28-13-11-19-7-10-23(14-21(19)17-28)32-33(25,30)31/h3-10,12,14-15H,2,11,13,16-17H2,1H3,(H2,25,30,31). The fraction of sp³-hybridized carbons (Fsp3) is 0.250. The SMILES string of the molecule is CCN(Cc1cccnc1)c1ccc(C(=O)N2CCc3ccc(OS(N)(=O)=O)cc3C2)cc1. The van der Waals surface area contributed by atoms with E-state index < -0.39 is 10.3 Å². The van der Waals surface area contributed by atoms with Crippen LogP contribution in [0, 0.1) is 0 Å². The number of hydrogen-bond donors (Lipinski definition) is 1. The smallest absolute Gasteiger partial charge is 0.371 e. The summed E-state index contributed by atoms with van der Waals surface area (Å²) in [6.45, 7) is 4.62. The molecule has 2 heterocycles. The third-order valence-electron chi connectivity index (χ3n) is 5.65. The van der Waals surface area contributed by atoms with Crippen molar-refractivity contribution in [1.82, 2.24) is 9.88 Å². The molecule has 0 aliphatic carbocycles. The predicted octanol–water partition coefficient (Wildman–Crippen LogP) is 2.89. The summed E-state index contributed by atoms with van der Waals surface area (Å²) in [6, 6.07) is 16.6. The van der Waals surface area contributed by atoms with Crippen molar-refractivity contribution in [1.29, 1.82) is 0 Å². The van der Waals surface area contributed by atoms with Crippen molar-refractivity contribution in [3.05, 3.63) is 89.2 Å². The molecule has 33 heavy (non-hydrogen) atoms. The summed E-state index contributed by atoms with van der Waals surface area (Å²) < 4.78 is 27.2. The summed E-state index contributed by atoms with van der Waals surface area (Å²) in [7, 11) is -4.10. The Morgan fingerprint density at radius 2 is 1.94 bits per heavy atom. The largest absolute Gasteiger partial charge is 0.380 e. The maximum absolute atomic E-state index is 13.1. The van der Waals surface area contributed by atoms with Gasteiger partial charge in [-0.25, -0.2) is 0 Å². The zero-order chi connectivity index (χ0) is 23.4. The quantitative estimate of drug-likeness (QED) is 0.574. The van der Waals surface area contributed by atoms with E-state index in [4.69, 9.17) is 9.32 Å². The monoisotopic (exact) mass is 466 g/mol. The van der Waals surface area contributed by atoms with Gasteiger partial charge in [-0.15, -0.1) is 0 Å². The van der Waals surface area contributed by atoms with Gasteiger partial charge in [-0.05, 0) is 72.5 Å². The van der Waals surface area contributed by atoms with Gasteiger partial charge >= 0.3 is 10.3 Å². The molecule has 2 N–H and O–H groups in total. The van der Waals surface area contributed by atoms with Crippen LogP contribution in [0.3, 0.4) is 0 Å². The molecule has 0 saturated carbocycles. The molecule has 0 spiro atoms. The third kappa shape index (κ3) is 5.68. The highest BCUT2D eigenvalue weighted by Crippen LogP contribution is 2.26. The second-order valence-corrected chi connectivity index (χ2v) is 9.06. The molecule has 0 unspecified atom stereocenters. The number of hydrogen-bond acceptors (Lipinski definition) is 6. The Labute approximate surface area is 193 Å². The van der Waals surface area contributed by atoms with E-state index in [1.54, 1.807) is 23.2 Å². The Hall–Kier alpha value is -3.43. The minimum Gasteiger partial charge on any atom is -0.371 e. The molecule has 0 fully saturated rings. The molecule has 1 aromatic heterocycles. The van der Waals surface area contributed by atoms with Gasteiger partial charge in [-0.2, -0.15) is 13.6 Å². The molecule has 1 aliphatic rings. The molecule has 4 rings (SSSR count). The maximum Gasteiger partial charge on any atom is 0.380 e. The number of anilines is 1. The average Bonchev–Trinajstić information content (AvgIpc) is 2.81. The van der Waals surface area contributed by atoms with Crippen LogP contribution in [0.4, 0.5) is 5.69 Å². The van der Waals surface area contributed by atoms with Crippen LogP contribution in [0.2, 0.25) is 0 Å². The van der Waals surface area contributed by atoms with Crippen LogP contribution >= 0.6 is 0 Å². The first-order valence-electron chi connectivity index (χ1n) is 10.7. The van der Waals surface area contributed by atoms with Crippen LogP contribution in [-0.4, -0.2) is 37.3 Å². The van der Waals surface area contributed by atoms with Gasteiger partial charge in [0, 0.05) is 49.8 Å². The Morgan fingerprint density at radius 3 is 2.61 bits per heavy atom. The fourth-order valence-electron chi connectivity index (χ4n) is 3.99. The van der Waals surface area contributed by atoms with Crippen LogP contribution in [0.1, 0.15) is 34.0 Å². The molecular weight excluding hydrogens is 440 g/mol. The van der Waals surface area contributed by atoms with Gasteiger partial charge in [0.1, 0.15) is 5.75 Å². The highest BCUT2D eigenvalue weighted by molar-refractivity contribution is 7.84. The normalized spacial score (nSPS) is 13.3. The minimum absolute atomic E-state index is 0.0692. The molecule has 2 aromatic carbocycles. The first-order chi connectivity index (χ1) is 15.8. The van der Waals surface area contributed by atoms with E-state index in [0.717, 1.165) is 35.5 Å². The number of fused-ring (bicyclic) bond motifs is 1. The molecule has 3 aromatic rings. The molecule has 8 nitrogen and oxygen atoms in total. The van der Waals surface area contributed by atoms with Gasteiger partial charge in [-0.1, -0.05) is 12.1 Å². The number of rotatable bonds is 7. The fourth-order valence-corrected chi connectivity index (χ4v) is 4.36. The molecule has 1 aliphatic heterocycles. The number of carbonyl (C=O) groups is 1. The van der Waals surface area contributed by atoms with Crippen LogP contribution in [0.25, 0.3) is 0 Å². The lowest BCUT2D eigenvalue weighted by atomic mass is 9.99. The van der Waals surface area contributed by atoms with E-state index in [1.807, 2.05) is 48.7 Å². The molecular formula is C24H26N4O4S. The van der Waals surface area contributed by atoms with E-state index in [2.05, 4.69) is 16.8 Å². The Bertz CT molecular complexity index is 1230. The number of nitrogens with two attached hydrogens (primary N) is 1. The second-order valence-electron chi connectivity index (χ2n) is 7.91. The second kappa shape index (κ2) is 9.60. The number of nitrogens with zero attached hydrogens (tertiary/aromatic N) is 3. The maximum atomic E-state index is 13.1. The minimum atomic E-state index is -4.10. The lowest BCUT2D eigenvalue weighted by Gasteiger charge is -2.29. The predicted molar refractivity (Wildman–Crippen MR) is 126 cm³/mol. The summed E-state index contributed by atoms with van der Waals surface area (Å²) in [5.41, 5.74) is 4.67. The molecule has 0 saturated heterocycles. The van der Waals surface area contributed by atoms with Gasteiger partial charge in [-0.3, -0.25) is 9.78 Å². The number of amides is 1. The van der Waals surface area contributed by atoms with Crippen molar-refractivity contribution in [3.8, 4) is 5.75 Å². The van der Waals surface area contributed by atoms with E-state index in [-0.39, 0.29) is 11.7 Å². The van der Waals surface area contributed by atoms with Gasteiger partial charge < -0.3 is 14.0 Å². The highest BCUT2D eigenvalue weighted by Gasteiger charge is 2.23. The Kier molecular flexibility index (Phi) is 6.62. The van der Waals surface area contributed by atoms with Crippen molar-refractivity contribution in [2.45, 2.75) is 26.4 Å². The molecule has 0 bridgehead atoms. The van der Waals surface area contributed by atoms with Crippen molar-refractivity contribution in [2.75, 3.05) is 18.0 Å². The summed E-state index contributed by atoms with van der Waals surface area (Å²) in [5.74, 6) is 0.0726. The molecule has 1 amide bonds. The van der Waals surface area contributed by atoms with Gasteiger partial charge in [0.15, 0.2) is 0 Å². The van der Waals surface area contributed by atoms with Crippen molar-refractivity contribution in [3.63, 3.8) is 0 Å². The first-order valence-corrected chi connectivity index (χ1v) is 12.2. The summed E-state index contributed by atoms with van der Waals surface area (Å²) in [6.07, 6.45) is 4.30. The average molecular weight is 467 g/mol. The van der Waals surface area contributed by atoms with E-state index in [9.17, 15) is 13.2 Å². The van der Waals surface area contributed by atoms with Gasteiger partial charge in [0.25, 0.3) is 5.91 Å². The summed E-state index contributed by atoms with van der Waals surface area (Å²) >= 11 is 0. The Balaban J connectivity index is 1.46. The lowest BCUT2D eigenvalue weighted by Crippen LogP contribution is -2.36. The van der Waals surface area contributed by atoms with E-state index in [0.29, 0.717) is 25.1 Å². The highest BCUT2D eigenvalue weighted by atomic mass is 32.2. The third-order valence-corrected chi connectivity index (χ3v) is 6.07. The van der Waals surface area contributed by atoms with E-state index >= 15 is 0 Å². The van der Waals surface area contributed by atoms with Crippen LogP contribution < -0.4 is 14.2 Å². The number of pyridine rings is 1. The van der Waals surface area contributed by atoms with Crippen LogP contribution in [-0.2, 0) is 29.8 Å². The zero-order valence-electron chi connectivity index (χ0n) is 18.3. The van der Waals surface area contributed by atoms with Crippen LogP contribution in [0.5, 0.6) is 5.75 Å². The topological polar surface area (TPSA) is 106 Å². The molecule has 0 radical (unpaired) electrons. The van der Waals surface area contributed by atoms with E-state index in [1.165, 1.54) is 0 Å². The molecule has 172 valence electrons. The Morgan fingerprint density at radius 1 is 1.15 bits per heavy atom. The van der Waals surface area contributed by atoms with Gasteiger partial charge in [0.05, 0.1) is 0 Å². The summed E-state index contributed by atoms with van der Waals surface area (Å²) in [4.78, 5) is 21.3. The lowest BCUT2D eigenvalue weighted by molar-refractivity contribution is 0.0734. The van der Waals surface area contributed by atoms with Gasteiger partial charge in [0.2, 0.25) is 0 Å². The van der Waals surface area contributed by atoms with Crippen molar-refractivity contribution >= 4 is 21.9 Å². The first kappa shape index (κ1) is 22.8. The van der Waals surface area contributed by atoms with Crippen molar-refractivity contribution in [2.24, 2.45) is 5.14 Å². The summed E-state index contributed by atoms with van der Waals surface area (Å²) in [5, 5.41) is 4.96. The number of aromatic nitrogens is 1. The van der Waals surface area contributed by atoms with Crippen molar-refractivity contribution < 1.29 is 17.4 Å². The number of benzene rings is 2. The molecule has 0 atom stereocenters. The zero-order valence-corrected chi connectivity index (χ0v) is 19.2. The van der Waals surface area contributed by atoms with Crippen LogP contribution in [0.15, 0.2) is 67.0 Å². The number of carbonyl (C=O) groups excluding carboxylic acids is 1.